The van der Waals surface area contributed by atoms with Crippen LogP contribution in [0.4, 0.5) is 0 Å². The normalized spacial score (nSPS) is 26.9. The summed E-state index contributed by atoms with van der Waals surface area (Å²) >= 11 is 0. The molecule has 1 aliphatic carbocycles. The maximum Gasteiger partial charge on any atom is 0.224 e. The average Bonchev–Trinajstić information content (AvgIpc) is 2.39. The highest BCUT2D eigenvalue weighted by Crippen LogP contribution is 2.31. The largest absolute Gasteiger partial charge is 0.394 e. The first-order valence-corrected chi connectivity index (χ1v) is 6.94. The Bertz CT molecular complexity index is 421. The van der Waals surface area contributed by atoms with Crippen molar-refractivity contribution in [3.05, 3.63) is 30.1 Å². The standard InChI is InChI=1S/C15H22N2O2/c1-12-3-2-6-15(10-12,11-18)17-14(19)9-13-4-7-16-8-5-13/h4-5,7-8,12,18H,2-3,6,9-11H2,1H3,(H,17,19). The molecule has 0 saturated heterocycles. The number of aliphatic hydroxyl groups excluding tert-OH is 1. The summed E-state index contributed by atoms with van der Waals surface area (Å²) in [5.41, 5.74) is 0.534. The fraction of sp³-hybridized carbons (Fsp3) is 0.600. The molecule has 1 fully saturated rings. The molecule has 1 aromatic rings. The smallest absolute Gasteiger partial charge is 0.224 e. The maximum absolute atomic E-state index is 12.1. The van der Waals surface area contributed by atoms with E-state index in [1.807, 2.05) is 12.1 Å². The van der Waals surface area contributed by atoms with Gasteiger partial charge in [0.2, 0.25) is 5.91 Å². The number of carbonyl (C=O) groups is 1. The van der Waals surface area contributed by atoms with Crippen LogP contribution in [-0.2, 0) is 11.2 Å². The van der Waals surface area contributed by atoms with E-state index in [0.29, 0.717) is 12.3 Å². The van der Waals surface area contributed by atoms with E-state index in [0.717, 1.165) is 24.8 Å². The molecule has 2 unspecified atom stereocenters. The van der Waals surface area contributed by atoms with E-state index in [1.54, 1.807) is 12.4 Å². The molecule has 0 aromatic carbocycles. The summed E-state index contributed by atoms with van der Waals surface area (Å²) in [5, 5.41) is 12.7. The van der Waals surface area contributed by atoms with Crippen LogP contribution in [0.3, 0.4) is 0 Å². The zero-order valence-electron chi connectivity index (χ0n) is 11.4. The summed E-state index contributed by atoms with van der Waals surface area (Å²) in [5.74, 6) is 0.538. The fourth-order valence-electron chi connectivity index (χ4n) is 2.98. The molecule has 19 heavy (non-hydrogen) atoms. The van der Waals surface area contributed by atoms with E-state index < -0.39 is 5.54 Å². The molecule has 4 nitrogen and oxygen atoms in total. The molecule has 0 spiro atoms. The van der Waals surface area contributed by atoms with Crippen molar-refractivity contribution in [2.24, 2.45) is 5.92 Å². The third-order valence-corrected chi connectivity index (χ3v) is 3.91. The summed E-state index contributed by atoms with van der Waals surface area (Å²) in [6.45, 7) is 2.21. The summed E-state index contributed by atoms with van der Waals surface area (Å²) in [4.78, 5) is 16.0. The highest BCUT2D eigenvalue weighted by molar-refractivity contribution is 5.79. The zero-order valence-corrected chi connectivity index (χ0v) is 11.4. The second kappa shape index (κ2) is 6.15. The maximum atomic E-state index is 12.1. The van der Waals surface area contributed by atoms with Gasteiger partial charge in [0, 0.05) is 12.4 Å². The van der Waals surface area contributed by atoms with Gasteiger partial charge in [-0.05, 0) is 36.5 Å². The van der Waals surface area contributed by atoms with Crippen LogP contribution in [0.5, 0.6) is 0 Å². The van der Waals surface area contributed by atoms with Gasteiger partial charge in [-0.1, -0.05) is 19.8 Å². The lowest BCUT2D eigenvalue weighted by Crippen LogP contribution is -2.54. The lowest BCUT2D eigenvalue weighted by Gasteiger charge is -2.39. The van der Waals surface area contributed by atoms with Crippen molar-refractivity contribution >= 4 is 5.91 Å². The van der Waals surface area contributed by atoms with Gasteiger partial charge in [-0.25, -0.2) is 0 Å². The molecule has 1 heterocycles. The van der Waals surface area contributed by atoms with Crippen LogP contribution in [0.25, 0.3) is 0 Å². The van der Waals surface area contributed by atoms with Crippen LogP contribution >= 0.6 is 0 Å². The summed E-state index contributed by atoms with van der Waals surface area (Å²) < 4.78 is 0. The third-order valence-electron chi connectivity index (χ3n) is 3.91. The van der Waals surface area contributed by atoms with Crippen molar-refractivity contribution < 1.29 is 9.90 Å². The Morgan fingerprint density at radius 2 is 2.26 bits per heavy atom. The number of hydrogen-bond acceptors (Lipinski definition) is 3. The van der Waals surface area contributed by atoms with E-state index >= 15 is 0 Å². The van der Waals surface area contributed by atoms with Gasteiger partial charge in [0.25, 0.3) is 0 Å². The number of hydrogen-bond donors (Lipinski definition) is 2. The first-order chi connectivity index (χ1) is 9.13. The quantitative estimate of drug-likeness (QED) is 0.868. The van der Waals surface area contributed by atoms with Crippen molar-refractivity contribution in [3.63, 3.8) is 0 Å². The molecule has 1 aromatic heterocycles. The number of amides is 1. The van der Waals surface area contributed by atoms with Crippen molar-refractivity contribution in [1.82, 2.24) is 10.3 Å². The van der Waals surface area contributed by atoms with Crippen LogP contribution in [-0.4, -0.2) is 28.1 Å². The van der Waals surface area contributed by atoms with E-state index in [2.05, 4.69) is 17.2 Å². The summed E-state index contributed by atoms with van der Waals surface area (Å²) in [7, 11) is 0. The van der Waals surface area contributed by atoms with Gasteiger partial charge >= 0.3 is 0 Å². The van der Waals surface area contributed by atoms with Crippen LogP contribution in [0.15, 0.2) is 24.5 Å². The number of carbonyl (C=O) groups excluding carboxylic acids is 1. The molecular formula is C15H22N2O2. The Kier molecular flexibility index (Phi) is 4.53. The van der Waals surface area contributed by atoms with Gasteiger partial charge in [0.05, 0.1) is 18.6 Å². The van der Waals surface area contributed by atoms with Gasteiger partial charge in [-0.15, -0.1) is 0 Å². The highest BCUT2D eigenvalue weighted by Gasteiger charge is 2.35. The Hall–Kier alpha value is -1.42. The Morgan fingerprint density at radius 3 is 2.89 bits per heavy atom. The second-order valence-corrected chi connectivity index (χ2v) is 5.72. The van der Waals surface area contributed by atoms with Crippen LogP contribution in [0.1, 0.15) is 38.2 Å². The first kappa shape index (κ1) is 14.0. The molecule has 104 valence electrons. The van der Waals surface area contributed by atoms with E-state index in [4.69, 9.17) is 0 Å². The van der Waals surface area contributed by atoms with E-state index in [1.165, 1.54) is 6.42 Å². The minimum absolute atomic E-state index is 0.0191. The third kappa shape index (κ3) is 3.77. The number of aliphatic hydroxyl groups is 1. The number of nitrogens with zero attached hydrogens (tertiary/aromatic N) is 1. The summed E-state index contributed by atoms with van der Waals surface area (Å²) in [6.07, 6.45) is 7.71. The van der Waals surface area contributed by atoms with Gasteiger partial charge in [-0.2, -0.15) is 0 Å². The van der Waals surface area contributed by atoms with Gasteiger partial charge in [0.15, 0.2) is 0 Å². The van der Waals surface area contributed by atoms with Gasteiger partial charge < -0.3 is 10.4 Å². The Morgan fingerprint density at radius 1 is 1.53 bits per heavy atom. The van der Waals surface area contributed by atoms with Crippen molar-refractivity contribution in [2.75, 3.05) is 6.61 Å². The molecule has 2 N–H and O–H groups in total. The van der Waals surface area contributed by atoms with E-state index in [-0.39, 0.29) is 12.5 Å². The molecule has 1 amide bonds. The van der Waals surface area contributed by atoms with Crippen LogP contribution < -0.4 is 5.32 Å². The number of nitrogens with one attached hydrogen (secondary N) is 1. The molecule has 1 aliphatic rings. The predicted octanol–water partition coefficient (Wildman–Crippen LogP) is 1.68. The van der Waals surface area contributed by atoms with Gasteiger partial charge in [-0.3, -0.25) is 9.78 Å². The molecule has 2 atom stereocenters. The lowest BCUT2D eigenvalue weighted by atomic mass is 9.76. The van der Waals surface area contributed by atoms with Crippen LogP contribution in [0.2, 0.25) is 0 Å². The van der Waals surface area contributed by atoms with E-state index in [9.17, 15) is 9.90 Å². The Labute approximate surface area is 114 Å². The number of rotatable bonds is 4. The van der Waals surface area contributed by atoms with Crippen molar-refractivity contribution in [3.8, 4) is 0 Å². The second-order valence-electron chi connectivity index (χ2n) is 5.72. The Balaban J connectivity index is 1.96. The first-order valence-electron chi connectivity index (χ1n) is 6.94. The summed E-state index contributed by atoms with van der Waals surface area (Å²) in [6, 6.07) is 3.68. The molecule has 2 rings (SSSR count). The molecule has 0 aliphatic heterocycles. The topological polar surface area (TPSA) is 62.2 Å². The minimum atomic E-state index is -0.415. The van der Waals surface area contributed by atoms with Crippen molar-refractivity contribution in [2.45, 2.75) is 44.6 Å². The molecular weight excluding hydrogens is 240 g/mol. The zero-order chi connectivity index (χ0) is 13.7. The van der Waals surface area contributed by atoms with Crippen LogP contribution in [0, 0.1) is 5.92 Å². The monoisotopic (exact) mass is 262 g/mol. The number of aromatic nitrogens is 1. The molecule has 4 heteroatoms. The average molecular weight is 262 g/mol. The lowest BCUT2D eigenvalue weighted by molar-refractivity contribution is -0.123. The van der Waals surface area contributed by atoms with Crippen molar-refractivity contribution in [1.29, 1.82) is 0 Å². The molecule has 0 radical (unpaired) electrons. The molecule has 1 saturated carbocycles. The SMILES string of the molecule is CC1CCCC(CO)(NC(=O)Cc2ccncc2)C1. The fourth-order valence-corrected chi connectivity index (χ4v) is 2.98. The molecule has 0 bridgehead atoms. The minimum Gasteiger partial charge on any atom is -0.394 e. The van der Waals surface area contributed by atoms with Gasteiger partial charge in [0.1, 0.15) is 0 Å². The predicted molar refractivity (Wildman–Crippen MR) is 73.5 cm³/mol. The highest BCUT2D eigenvalue weighted by atomic mass is 16.3. The number of pyridine rings is 1.